The van der Waals surface area contributed by atoms with Gasteiger partial charge in [0, 0.05) is 5.02 Å². The number of benzene rings is 4. The molecule has 0 fully saturated rings. The van der Waals surface area contributed by atoms with Crippen molar-refractivity contribution in [3.05, 3.63) is 142 Å². The maximum atomic E-state index is 13.8. The van der Waals surface area contributed by atoms with Crippen molar-refractivity contribution < 1.29 is 19.2 Å². The number of carbonyl (C=O) groups excluding carboxylic acids is 4. The summed E-state index contributed by atoms with van der Waals surface area (Å²) in [5.74, 6) is -2.22. The van der Waals surface area contributed by atoms with Crippen molar-refractivity contribution >= 4 is 35.2 Å². The van der Waals surface area contributed by atoms with Crippen molar-refractivity contribution in [2.75, 3.05) is 6.54 Å². The molecule has 7 nitrogen and oxygen atoms in total. The van der Waals surface area contributed by atoms with E-state index in [1.165, 1.54) is 0 Å². The average molecular weight is 538 g/mol. The molecule has 8 heteroatoms. The van der Waals surface area contributed by atoms with Crippen molar-refractivity contribution in [1.82, 2.24) is 15.5 Å². The minimum absolute atomic E-state index is 0.246. The predicted octanol–water partition coefficient (Wildman–Crippen LogP) is 4.70. The molecule has 0 radical (unpaired) electrons. The molecule has 0 bridgehead atoms. The Bertz CT molecular complexity index is 1450. The smallest absolute Gasteiger partial charge is 0.262 e. The number of amides is 4. The van der Waals surface area contributed by atoms with Gasteiger partial charge in [0.15, 0.2) is 0 Å². The highest BCUT2D eigenvalue weighted by Gasteiger charge is 2.37. The van der Waals surface area contributed by atoms with Gasteiger partial charge in [-0.1, -0.05) is 96.5 Å². The average Bonchev–Trinajstić information content (AvgIpc) is 3.21. The second-order valence-electron chi connectivity index (χ2n) is 9.06. The molecule has 0 aromatic heterocycles. The molecule has 2 N–H and O–H groups in total. The van der Waals surface area contributed by atoms with Crippen LogP contribution in [0.2, 0.25) is 5.02 Å². The van der Waals surface area contributed by atoms with Crippen LogP contribution >= 0.6 is 11.6 Å². The third-order valence-electron chi connectivity index (χ3n) is 6.50. The van der Waals surface area contributed by atoms with E-state index in [9.17, 15) is 19.2 Å². The Morgan fingerprint density at radius 1 is 0.641 bits per heavy atom. The highest BCUT2D eigenvalue weighted by molar-refractivity contribution is 6.30. The molecule has 1 atom stereocenters. The number of imide groups is 1. The SMILES string of the molecule is O=C(CN1C(=O)c2ccccc2C1=O)NC(C(=O)NC(c1ccccc1)c1ccccc1)c1ccc(Cl)cc1. The van der Waals surface area contributed by atoms with Crippen LogP contribution in [-0.2, 0) is 9.59 Å². The van der Waals surface area contributed by atoms with E-state index in [4.69, 9.17) is 11.6 Å². The first-order valence-corrected chi connectivity index (χ1v) is 12.7. The van der Waals surface area contributed by atoms with Crippen molar-refractivity contribution in [2.24, 2.45) is 0 Å². The second kappa shape index (κ2) is 11.3. The summed E-state index contributed by atoms with van der Waals surface area (Å²) in [4.78, 5) is 53.3. The Balaban J connectivity index is 1.40. The van der Waals surface area contributed by atoms with Gasteiger partial charge in [0.05, 0.1) is 17.2 Å². The quantitative estimate of drug-likeness (QED) is 0.318. The predicted molar refractivity (Wildman–Crippen MR) is 147 cm³/mol. The standard InChI is InChI=1S/C31H24ClN3O4/c32-23-17-15-22(16-18-23)28(33-26(36)19-35-30(38)24-13-7-8-14-25(24)31(35)39)29(37)34-27(20-9-3-1-4-10-20)21-11-5-2-6-12-21/h1-18,27-28H,19H2,(H,33,36)(H,34,37). The lowest BCUT2D eigenvalue weighted by Crippen LogP contribution is -2.46. The summed E-state index contributed by atoms with van der Waals surface area (Å²) in [6.45, 7) is -0.523. The lowest BCUT2D eigenvalue weighted by atomic mass is 9.97. The minimum atomic E-state index is -1.11. The Hall–Kier alpha value is -4.75. The number of carbonyl (C=O) groups is 4. The van der Waals surface area contributed by atoms with Gasteiger partial charge in [-0.3, -0.25) is 24.1 Å². The fraction of sp³-hybridized carbons (Fsp3) is 0.0968. The summed E-state index contributed by atoms with van der Waals surface area (Å²) in [5.41, 5.74) is 2.72. The molecule has 4 aromatic rings. The number of halogens is 1. The first kappa shape index (κ1) is 25.9. The Labute approximate surface area is 230 Å². The normalized spacial score (nSPS) is 13.2. The molecule has 5 rings (SSSR count). The van der Waals surface area contributed by atoms with Gasteiger partial charge in [-0.05, 0) is 41.0 Å². The van der Waals surface area contributed by atoms with Gasteiger partial charge in [0.1, 0.15) is 12.6 Å². The van der Waals surface area contributed by atoms with Crippen molar-refractivity contribution in [3.63, 3.8) is 0 Å². The Morgan fingerprint density at radius 2 is 1.13 bits per heavy atom. The second-order valence-corrected chi connectivity index (χ2v) is 9.49. The van der Waals surface area contributed by atoms with Crippen LogP contribution in [0.5, 0.6) is 0 Å². The molecule has 1 aliphatic heterocycles. The highest BCUT2D eigenvalue weighted by atomic mass is 35.5. The van der Waals surface area contributed by atoms with Crippen LogP contribution in [0.3, 0.4) is 0 Å². The van der Waals surface area contributed by atoms with E-state index in [0.29, 0.717) is 10.6 Å². The van der Waals surface area contributed by atoms with Crippen LogP contribution in [0, 0.1) is 0 Å². The lowest BCUT2D eigenvalue weighted by molar-refractivity contribution is -0.129. The van der Waals surface area contributed by atoms with Crippen LogP contribution in [0.1, 0.15) is 49.5 Å². The van der Waals surface area contributed by atoms with Gasteiger partial charge in [0.25, 0.3) is 11.8 Å². The maximum Gasteiger partial charge on any atom is 0.262 e. The number of fused-ring (bicyclic) bond motifs is 1. The molecular formula is C31H24ClN3O4. The fourth-order valence-corrected chi connectivity index (χ4v) is 4.69. The fourth-order valence-electron chi connectivity index (χ4n) is 4.56. The summed E-state index contributed by atoms with van der Waals surface area (Å²) in [7, 11) is 0. The first-order valence-electron chi connectivity index (χ1n) is 12.3. The molecule has 194 valence electrons. The number of hydrogen-bond acceptors (Lipinski definition) is 4. The third-order valence-corrected chi connectivity index (χ3v) is 6.76. The third kappa shape index (κ3) is 5.58. The van der Waals surface area contributed by atoms with Crippen LogP contribution < -0.4 is 10.6 Å². The van der Waals surface area contributed by atoms with E-state index in [-0.39, 0.29) is 11.1 Å². The monoisotopic (exact) mass is 537 g/mol. The van der Waals surface area contributed by atoms with Gasteiger partial charge >= 0.3 is 0 Å². The molecule has 1 aliphatic rings. The molecule has 0 aliphatic carbocycles. The minimum Gasteiger partial charge on any atom is -0.343 e. The topological polar surface area (TPSA) is 95.6 Å². The van der Waals surface area contributed by atoms with Gasteiger partial charge in [-0.15, -0.1) is 0 Å². The van der Waals surface area contributed by atoms with E-state index >= 15 is 0 Å². The summed E-state index contributed by atoms with van der Waals surface area (Å²) < 4.78 is 0. The Kier molecular flexibility index (Phi) is 7.52. The summed E-state index contributed by atoms with van der Waals surface area (Å²) in [6, 6.07) is 30.3. The van der Waals surface area contributed by atoms with E-state index in [1.54, 1.807) is 48.5 Å². The number of nitrogens with zero attached hydrogens (tertiary/aromatic N) is 1. The van der Waals surface area contributed by atoms with Crippen LogP contribution in [0.25, 0.3) is 0 Å². The van der Waals surface area contributed by atoms with Gasteiger partial charge in [0.2, 0.25) is 11.8 Å². The summed E-state index contributed by atoms with van der Waals surface area (Å²) >= 11 is 6.07. The molecule has 4 amide bonds. The molecular weight excluding hydrogens is 514 g/mol. The van der Waals surface area contributed by atoms with Crippen LogP contribution in [0.4, 0.5) is 0 Å². The van der Waals surface area contributed by atoms with Gasteiger partial charge in [-0.25, -0.2) is 0 Å². The largest absolute Gasteiger partial charge is 0.343 e. The van der Waals surface area contributed by atoms with Gasteiger partial charge < -0.3 is 10.6 Å². The molecule has 1 unspecified atom stereocenters. The summed E-state index contributed by atoms with van der Waals surface area (Å²) in [5, 5.41) is 6.25. The molecule has 0 spiro atoms. The van der Waals surface area contributed by atoms with Crippen LogP contribution in [-0.4, -0.2) is 35.1 Å². The van der Waals surface area contributed by atoms with E-state index in [2.05, 4.69) is 10.6 Å². The lowest BCUT2D eigenvalue weighted by Gasteiger charge is -2.25. The van der Waals surface area contributed by atoms with Gasteiger partial charge in [-0.2, -0.15) is 0 Å². The highest BCUT2D eigenvalue weighted by Crippen LogP contribution is 2.25. The van der Waals surface area contributed by atoms with Crippen LogP contribution in [0.15, 0.2) is 109 Å². The number of hydrogen-bond donors (Lipinski definition) is 2. The maximum absolute atomic E-state index is 13.8. The molecule has 0 saturated carbocycles. The van der Waals surface area contributed by atoms with Crippen molar-refractivity contribution in [2.45, 2.75) is 12.1 Å². The summed E-state index contributed by atoms with van der Waals surface area (Å²) in [6.07, 6.45) is 0. The van der Waals surface area contributed by atoms with Crippen molar-refractivity contribution in [3.8, 4) is 0 Å². The molecule has 0 saturated heterocycles. The molecule has 1 heterocycles. The number of nitrogens with one attached hydrogen (secondary N) is 2. The van der Waals surface area contributed by atoms with E-state index in [0.717, 1.165) is 16.0 Å². The van der Waals surface area contributed by atoms with E-state index < -0.39 is 42.3 Å². The first-order chi connectivity index (χ1) is 18.9. The molecule has 39 heavy (non-hydrogen) atoms. The van der Waals surface area contributed by atoms with Crippen molar-refractivity contribution in [1.29, 1.82) is 0 Å². The Morgan fingerprint density at radius 3 is 1.64 bits per heavy atom. The zero-order valence-corrected chi connectivity index (χ0v) is 21.5. The van der Waals surface area contributed by atoms with E-state index in [1.807, 2.05) is 60.7 Å². The zero-order valence-electron chi connectivity index (χ0n) is 20.7. The molecule has 4 aromatic carbocycles. The number of rotatable bonds is 8. The zero-order chi connectivity index (χ0) is 27.4.